The summed E-state index contributed by atoms with van der Waals surface area (Å²) in [6.45, 7) is 2.05. The Balaban J connectivity index is 1.58. The van der Waals surface area contributed by atoms with E-state index >= 15 is 0 Å². The topological polar surface area (TPSA) is 75.9 Å². The van der Waals surface area contributed by atoms with Crippen LogP contribution in [0.3, 0.4) is 0 Å². The SMILES string of the molecule is COCCN1C(=O)[C@H]2CC[C@@H]1CN(C(=O)c1cnoc1-c1ccccc1)C2. The number of hydrogen-bond donors (Lipinski definition) is 0. The molecule has 5 rings (SSSR count). The van der Waals surface area contributed by atoms with Crippen molar-refractivity contribution in [3.05, 3.63) is 42.1 Å². The van der Waals surface area contributed by atoms with Crippen LogP contribution in [0.25, 0.3) is 11.3 Å². The number of nitrogens with zero attached hydrogens (tertiary/aromatic N) is 3. The molecule has 7 nitrogen and oxygen atoms in total. The van der Waals surface area contributed by atoms with Crippen LogP contribution in [0.4, 0.5) is 0 Å². The van der Waals surface area contributed by atoms with Crippen LogP contribution < -0.4 is 0 Å². The summed E-state index contributed by atoms with van der Waals surface area (Å²) in [5.41, 5.74) is 1.26. The largest absolute Gasteiger partial charge is 0.383 e. The number of amides is 2. The second kappa shape index (κ2) is 7.52. The minimum atomic E-state index is -0.149. The normalized spacial score (nSPS) is 22.2. The first-order chi connectivity index (χ1) is 13.2. The molecular weight excluding hydrogens is 346 g/mol. The lowest BCUT2D eigenvalue weighted by Gasteiger charge is -2.35. The predicted molar refractivity (Wildman–Crippen MR) is 97.9 cm³/mol. The van der Waals surface area contributed by atoms with Crippen molar-refractivity contribution in [1.82, 2.24) is 15.0 Å². The molecule has 2 atom stereocenters. The third-order valence-electron chi connectivity index (χ3n) is 5.45. The summed E-state index contributed by atoms with van der Waals surface area (Å²) in [5.74, 6) is 0.324. The molecule has 0 spiro atoms. The minimum absolute atomic E-state index is 0.0374. The van der Waals surface area contributed by atoms with E-state index in [1.54, 1.807) is 12.0 Å². The van der Waals surface area contributed by atoms with Crippen molar-refractivity contribution in [3.8, 4) is 11.3 Å². The van der Waals surface area contributed by atoms with Gasteiger partial charge in [0.15, 0.2) is 5.76 Å². The summed E-state index contributed by atoms with van der Waals surface area (Å²) >= 11 is 0. The van der Waals surface area contributed by atoms with Crippen molar-refractivity contribution in [2.75, 3.05) is 33.4 Å². The predicted octanol–water partition coefficient (Wildman–Crippen LogP) is 2.05. The molecule has 0 radical (unpaired) electrons. The van der Waals surface area contributed by atoms with E-state index in [4.69, 9.17) is 9.26 Å². The Morgan fingerprint density at radius 3 is 2.85 bits per heavy atom. The number of piperidine rings is 1. The highest BCUT2D eigenvalue weighted by molar-refractivity contribution is 5.99. The maximum absolute atomic E-state index is 13.2. The van der Waals surface area contributed by atoms with Gasteiger partial charge in [-0.15, -0.1) is 0 Å². The van der Waals surface area contributed by atoms with E-state index in [1.165, 1.54) is 6.20 Å². The smallest absolute Gasteiger partial charge is 0.259 e. The van der Waals surface area contributed by atoms with E-state index in [2.05, 4.69) is 5.16 Å². The number of hydrogen-bond acceptors (Lipinski definition) is 5. The number of carbonyl (C=O) groups excluding carboxylic acids is 2. The first kappa shape index (κ1) is 17.7. The lowest BCUT2D eigenvalue weighted by atomic mass is 9.94. The van der Waals surface area contributed by atoms with E-state index in [-0.39, 0.29) is 23.8 Å². The van der Waals surface area contributed by atoms with Gasteiger partial charge in [0.2, 0.25) is 5.91 Å². The Hall–Kier alpha value is -2.67. The molecule has 2 aromatic rings. The maximum Gasteiger partial charge on any atom is 0.259 e. The third kappa shape index (κ3) is 3.35. The van der Waals surface area contributed by atoms with E-state index < -0.39 is 0 Å². The Bertz CT molecular complexity index is 820. The molecule has 3 saturated heterocycles. The lowest BCUT2D eigenvalue weighted by molar-refractivity contribution is -0.140. The van der Waals surface area contributed by atoms with Crippen LogP contribution in [0.15, 0.2) is 41.1 Å². The molecule has 2 amide bonds. The van der Waals surface area contributed by atoms with Gasteiger partial charge in [0.1, 0.15) is 5.56 Å². The van der Waals surface area contributed by atoms with Gasteiger partial charge in [-0.2, -0.15) is 0 Å². The highest BCUT2D eigenvalue weighted by Gasteiger charge is 2.42. The van der Waals surface area contributed by atoms with Crippen molar-refractivity contribution in [2.24, 2.45) is 5.92 Å². The summed E-state index contributed by atoms with van der Waals surface area (Å²) in [6, 6.07) is 9.51. The van der Waals surface area contributed by atoms with Crippen LogP contribution in [0, 0.1) is 5.92 Å². The van der Waals surface area contributed by atoms with Crippen LogP contribution in [-0.2, 0) is 9.53 Å². The molecule has 3 aliphatic heterocycles. The van der Waals surface area contributed by atoms with Gasteiger partial charge in [0.25, 0.3) is 5.91 Å². The third-order valence-corrected chi connectivity index (χ3v) is 5.45. The Morgan fingerprint density at radius 1 is 1.26 bits per heavy atom. The Morgan fingerprint density at radius 2 is 2.07 bits per heavy atom. The highest BCUT2D eigenvalue weighted by Crippen LogP contribution is 2.31. The number of carbonyl (C=O) groups is 2. The summed E-state index contributed by atoms with van der Waals surface area (Å²) in [6.07, 6.45) is 3.22. The molecule has 142 valence electrons. The molecule has 0 unspecified atom stereocenters. The summed E-state index contributed by atoms with van der Waals surface area (Å²) in [5, 5.41) is 3.85. The Labute approximate surface area is 157 Å². The number of methoxy groups -OCH3 is 1. The summed E-state index contributed by atoms with van der Waals surface area (Å²) < 4.78 is 10.5. The fourth-order valence-corrected chi connectivity index (χ4v) is 4.05. The first-order valence-corrected chi connectivity index (χ1v) is 9.28. The molecule has 4 heterocycles. The average molecular weight is 369 g/mol. The van der Waals surface area contributed by atoms with E-state index in [0.29, 0.717) is 37.6 Å². The monoisotopic (exact) mass is 369 g/mol. The zero-order valence-corrected chi connectivity index (χ0v) is 15.3. The minimum Gasteiger partial charge on any atom is -0.383 e. The molecule has 3 fully saturated rings. The van der Waals surface area contributed by atoms with Gasteiger partial charge in [0.05, 0.1) is 18.7 Å². The molecule has 0 saturated carbocycles. The molecule has 1 aromatic carbocycles. The van der Waals surface area contributed by atoms with Gasteiger partial charge in [-0.05, 0) is 12.8 Å². The standard InChI is InChI=1S/C20H23N3O4/c1-26-10-9-23-16-8-7-15(19(23)24)12-22(13-16)20(25)17-11-21-27-18(17)14-5-3-2-4-6-14/h2-6,11,15-16H,7-10,12-13H2,1H3/t15-,16+/m0/s1. The molecule has 0 N–H and O–H groups in total. The molecular formula is C20H23N3O4. The number of rotatable bonds is 5. The number of benzene rings is 1. The molecule has 0 aliphatic carbocycles. The van der Waals surface area contributed by atoms with Crippen molar-refractivity contribution in [2.45, 2.75) is 18.9 Å². The van der Waals surface area contributed by atoms with E-state index in [9.17, 15) is 9.59 Å². The first-order valence-electron chi connectivity index (χ1n) is 9.28. The average Bonchev–Trinajstić information content (AvgIpc) is 3.03. The van der Waals surface area contributed by atoms with E-state index in [1.807, 2.05) is 35.2 Å². The van der Waals surface area contributed by atoms with Gasteiger partial charge < -0.3 is 19.1 Å². The number of aromatic nitrogens is 1. The fraction of sp³-hybridized carbons (Fsp3) is 0.450. The highest BCUT2D eigenvalue weighted by atomic mass is 16.5. The van der Waals surface area contributed by atoms with Crippen LogP contribution >= 0.6 is 0 Å². The molecule has 3 aliphatic rings. The van der Waals surface area contributed by atoms with Crippen molar-refractivity contribution < 1.29 is 18.8 Å². The van der Waals surface area contributed by atoms with Crippen LogP contribution in [0.5, 0.6) is 0 Å². The zero-order valence-electron chi connectivity index (χ0n) is 15.3. The van der Waals surface area contributed by atoms with Gasteiger partial charge in [-0.25, -0.2) is 0 Å². The van der Waals surface area contributed by atoms with Gasteiger partial charge in [-0.1, -0.05) is 35.5 Å². The molecule has 27 heavy (non-hydrogen) atoms. The number of ether oxygens (including phenoxy) is 1. The summed E-state index contributed by atoms with van der Waals surface area (Å²) in [4.78, 5) is 29.7. The van der Waals surface area contributed by atoms with Crippen LogP contribution in [0.1, 0.15) is 23.2 Å². The van der Waals surface area contributed by atoms with Gasteiger partial charge in [-0.3, -0.25) is 9.59 Å². The van der Waals surface area contributed by atoms with Crippen molar-refractivity contribution in [3.63, 3.8) is 0 Å². The van der Waals surface area contributed by atoms with Crippen LogP contribution in [0.2, 0.25) is 0 Å². The van der Waals surface area contributed by atoms with Crippen LogP contribution in [-0.4, -0.2) is 66.2 Å². The lowest BCUT2D eigenvalue weighted by Crippen LogP contribution is -2.49. The maximum atomic E-state index is 13.2. The number of fused-ring (bicyclic) bond motifs is 4. The second-order valence-corrected chi connectivity index (χ2v) is 7.10. The molecule has 2 bridgehead atoms. The molecule has 1 aromatic heterocycles. The van der Waals surface area contributed by atoms with Crippen molar-refractivity contribution in [1.29, 1.82) is 0 Å². The van der Waals surface area contributed by atoms with E-state index in [0.717, 1.165) is 18.4 Å². The Kier molecular flexibility index (Phi) is 4.94. The van der Waals surface area contributed by atoms with Gasteiger partial charge in [0, 0.05) is 38.3 Å². The zero-order chi connectivity index (χ0) is 18.8. The van der Waals surface area contributed by atoms with Gasteiger partial charge >= 0.3 is 0 Å². The fourth-order valence-electron chi connectivity index (χ4n) is 4.05. The molecule has 7 heteroatoms. The summed E-state index contributed by atoms with van der Waals surface area (Å²) in [7, 11) is 1.63. The second-order valence-electron chi connectivity index (χ2n) is 7.10. The van der Waals surface area contributed by atoms with Crippen molar-refractivity contribution >= 4 is 11.8 Å². The quantitative estimate of drug-likeness (QED) is 0.806.